The van der Waals surface area contributed by atoms with Gasteiger partial charge in [-0.05, 0) is 156 Å². The molecule has 1 atom stereocenters. The molecule has 3 aromatic carbocycles. The van der Waals surface area contributed by atoms with Crippen LogP contribution in [0.2, 0.25) is 0 Å². The Balaban J connectivity index is 0.000000315. The summed E-state index contributed by atoms with van der Waals surface area (Å²) in [5.74, 6) is 3.30. The molecule has 1 aromatic heterocycles. The largest absolute Gasteiger partial charge is 0.507 e. The third kappa shape index (κ3) is 13.5. The van der Waals surface area contributed by atoms with Crippen LogP contribution in [0.1, 0.15) is 138 Å². The Morgan fingerprint density at radius 2 is 1.72 bits per heavy atom. The summed E-state index contributed by atoms with van der Waals surface area (Å²) in [7, 11) is 1.89. The Morgan fingerprint density at radius 1 is 1.00 bits per heavy atom. The Hall–Kier alpha value is -4.55. The Morgan fingerprint density at radius 3 is 2.32 bits per heavy atom. The second-order valence-corrected chi connectivity index (χ2v) is 15.1. The molecule has 1 saturated carbocycles. The molecule has 0 saturated heterocycles. The molecule has 1 fully saturated rings. The van der Waals surface area contributed by atoms with Gasteiger partial charge in [-0.2, -0.15) is 0 Å². The molecule has 0 amide bonds. The van der Waals surface area contributed by atoms with Crippen molar-refractivity contribution in [2.75, 3.05) is 32.0 Å². The zero-order chi connectivity index (χ0) is 41.7. The van der Waals surface area contributed by atoms with E-state index in [-0.39, 0.29) is 0 Å². The Labute approximate surface area is 345 Å². The minimum atomic E-state index is 0.364. The van der Waals surface area contributed by atoms with Gasteiger partial charge in [0.1, 0.15) is 23.5 Å². The summed E-state index contributed by atoms with van der Waals surface area (Å²) in [6.07, 6.45) is 20.9. The number of nitrogens with one attached hydrogen (secondary N) is 1. The molecule has 0 bridgehead atoms. The molecule has 6 nitrogen and oxygen atoms in total. The number of rotatable bonds is 19. The molecule has 1 aliphatic rings. The highest BCUT2D eigenvalue weighted by molar-refractivity contribution is 5.87. The van der Waals surface area contributed by atoms with E-state index in [1.807, 2.05) is 58.2 Å². The number of aldehydes is 1. The van der Waals surface area contributed by atoms with E-state index in [1.165, 1.54) is 79.3 Å². The predicted octanol–water partition coefficient (Wildman–Crippen LogP) is 14.1. The van der Waals surface area contributed by atoms with Crippen LogP contribution in [0.15, 0.2) is 85.0 Å². The number of carbonyl (C=O) groups is 1. The van der Waals surface area contributed by atoms with E-state index in [4.69, 9.17) is 4.74 Å². The summed E-state index contributed by atoms with van der Waals surface area (Å²) < 4.78 is 8.52. The van der Waals surface area contributed by atoms with Crippen molar-refractivity contribution in [3.63, 3.8) is 0 Å². The fourth-order valence-corrected chi connectivity index (χ4v) is 7.30. The first-order valence-corrected chi connectivity index (χ1v) is 21.8. The van der Waals surface area contributed by atoms with Crippen molar-refractivity contribution in [1.29, 1.82) is 0 Å². The summed E-state index contributed by atoms with van der Waals surface area (Å²) in [5, 5.41) is 15.0. The molecular weight excluding hydrogens is 703 g/mol. The van der Waals surface area contributed by atoms with Crippen molar-refractivity contribution in [2.24, 2.45) is 5.92 Å². The molecule has 1 heterocycles. The molecule has 0 aliphatic heterocycles. The number of allylic oxidation sites excluding steroid dienone is 6. The van der Waals surface area contributed by atoms with Gasteiger partial charge in [0, 0.05) is 53.1 Å². The van der Waals surface area contributed by atoms with Gasteiger partial charge in [-0.3, -0.25) is 4.79 Å². The van der Waals surface area contributed by atoms with E-state index in [2.05, 4.69) is 98.8 Å². The first kappa shape index (κ1) is 46.8. The summed E-state index contributed by atoms with van der Waals surface area (Å²) in [4.78, 5) is 13.5. The molecule has 0 spiro atoms. The number of hydrogen-bond donors (Lipinski definition) is 2. The van der Waals surface area contributed by atoms with Gasteiger partial charge in [-0.1, -0.05) is 84.8 Å². The van der Waals surface area contributed by atoms with Crippen molar-refractivity contribution in [3.05, 3.63) is 113 Å². The Bertz CT molecular complexity index is 1900. The quantitative estimate of drug-likeness (QED) is 0.0733. The molecule has 1 aliphatic carbocycles. The van der Waals surface area contributed by atoms with Crippen molar-refractivity contribution in [3.8, 4) is 17.2 Å². The van der Waals surface area contributed by atoms with Gasteiger partial charge in [0.2, 0.25) is 0 Å². The van der Waals surface area contributed by atoms with Gasteiger partial charge in [0.25, 0.3) is 0 Å². The van der Waals surface area contributed by atoms with E-state index in [1.54, 1.807) is 12.1 Å². The second-order valence-electron chi connectivity index (χ2n) is 15.1. The number of ether oxygens (including phenoxy) is 1. The number of nitrogens with zero attached hydrogens (tertiary/aromatic N) is 2. The standard InChI is InChI=1S/C29H40N2O2.C20H27NO.C2H6/c1-6-16-30(19-15-22(3)7-2)17-8-18-31-24(5)23(4)28-20-27(13-14-29(28)31)33-26-11-9-25(21-32)10-12-26;1-4-6-7-10-16(9-5-2)20-18(15-11-8-12-15)13-17(21-3)14-19(20)22;1-2/h9-14,20-22H,6-8,15-19H2,1-5H3;5-7,9-10,13-15,21-22H,4,8,11-12H2,1-3H3;1-2H3/b;7-6+,9-5-,16-10+;. The fraction of sp³-hybridized carbons (Fsp3) is 0.471. The predicted molar refractivity (Wildman–Crippen MR) is 247 cm³/mol. The molecule has 1 unspecified atom stereocenters. The van der Waals surface area contributed by atoms with Crippen LogP contribution >= 0.6 is 0 Å². The van der Waals surface area contributed by atoms with Gasteiger partial charge >= 0.3 is 0 Å². The van der Waals surface area contributed by atoms with Crippen molar-refractivity contribution >= 4 is 28.4 Å². The van der Waals surface area contributed by atoms with Gasteiger partial charge in [0.15, 0.2) is 0 Å². The zero-order valence-corrected chi connectivity index (χ0v) is 37.0. The summed E-state index contributed by atoms with van der Waals surface area (Å²) in [5.41, 5.74) is 8.89. The maximum Gasteiger partial charge on any atom is 0.150 e. The van der Waals surface area contributed by atoms with Crippen LogP contribution in [0, 0.1) is 19.8 Å². The molecule has 310 valence electrons. The number of aromatic nitrogens is 1. The fourth-order valence-electron chi connectivity index (χ4n) is 7.30. The summed E-state index contributed by atoms with van der Waals surface area (Å²) in [6, 6.07) is 17.6. The lowest BCUT2D eigenvalue weighted by molar-refractivity contribution is 0.112. The smallest absolute Gasteiger partial charge is 0.150 e. The van der Waals surface area contributed by atoms with E-state index >= 15 is 0 Å². The number of fused-ring (bicyclic) bond motifs is 1. The van der Waals surface area contributed by atoms with Crippen LogP contribution in [0.3, 0.4) is 0 Å². The highest BCUT2D eigenvalue weighted by Crippen LogP contribution is 2.44. The minimum Gasteiger partial charge on any atom is -0.507 e. The topological polar surface area (TPSA) is 66.7 Å². The number of phenols is 1. The average molecular weight is 776 g/mol. The molecule has 0 radical (unpaired) electrons. The van der Waals surface area contributed by atoms with Gasteiger partial charge in [-0.15, -0.1) is 0 Å². The van der Waals surface area contributed by atoms with Crippen molar-refractivity contribution in [2.45, 2.75) is 126 Å². The lowest BCUT2D eigenvalue weighted by Crippen LogP contribution is -2.28. The van der Waals surface area contributed by atoms with Crippen molar-refractivity contribution < 1.29 is 14.6 Å². The second kappa shape index (κ2) is 24.9. The lowest BCUT2D eigenvalue weighted by Gasteiger charge is -2.29. The highest BCUT2D eigenvalue weighted by atomic mass is 16.5. The molecule has 2 N–H and O–H groups in total. The number of hydrogen-bond acceptors (Lipinski definition) is 5. The van der Waals surface area contributed by atoms with E-state index in [0.29, 0.717) is 17.2 Å². The molecule has 5 rings (SSSR count). The van der Waals surface area contributed by atoms with Crippen LogP contribution in [-0.4, -0.2) is 47.5 Å². The number of phenolic OH excluding ortho intramolecular Hbond substituents is 1. The lowest BCUT2D eigenvalue weighted by atomic mass is 9.76. The van der Waals surface area contributed by atoms with Crippen LogP contribution < -0.4 is 10.1 Å². The normalized spacial score (nSPS) is 13.6. The number of aromatic hydroxyl groups is 1. The van der Waals surface area contributed by atoms with Gasteiger partial charge in [-0.25, -0.2) is 0 Å². The first-order chi connectivity index (χ1) is 27.7. The van der Waals surface area contributed by atoms with Crippen LogP contribution in [0.25, 0.3) is 16.5 Å². The van der Waals surface area contributed by atoms with E-state index in [9.17, 15) is 9.90 Å². The minimum absolute atomic E-state index is 0.364. The average Bonchev–Trinajstić information content (AvgIpc) is 3.44. The van der Waals surface area contributed by atoms with Crippen molar-refractivity contribution in [1.82, 2.24) is 9.47 Å². The highest BCUT2D eigenvalue weighted by Gasteiger charge is 2.25. The molecule has 4 aromatic rings. The summed E-state index contributed by atoms with van der Waals surface area (Å²) >= 11 is 0. The number of carbonyl (C=O) groups excluding carboxylic acids is 1. The van der Waals surface area contributed by atoms with E-state index < -0.39 is 0 Å². The third-order valence-electron chi connectivity index (χ3n) is 11.2. The first-order valence-electron chi connectivity index (χ1n) is 21.8. The van der Waals surface area contributed by atoms with Gasteiger partial charge in [0.05, 0.1) is 0 Å². The maximum absolute atomic E-state index is 10.9. The Kier molecular flexibility index (Phi) is 20.5. The van der Waals surface area contributed by atoms with E-state index in [0.717, 1.165) is 66.5 Å². The zero-order valence-electron chi connectivity index (χ0n) is 37.0. The van der Waals surface area contributed by atoms with Crippen LogP contribution in [0.5, 0.6) is 17.2 Å². The number of anilines is 1. The molecule has 57 heavy (non-hydrogen) atoms. The molecular formula is C51H73N3O3. The maximum atomic E-state index is 10.9. The monoisotopic (exact) mass is 776 g/mol. The van der Waals surface area contributed by atoms with Gasteiger partial charge < -0.3 is 24.6 Å². The SMILES string of the molecule is CC.CCCN(CCCn1c(C)c(C)c2cc(Oc3ccc(C=O)cc3)ccc21)CCC(C)CC.C\C=C/C(=C\C=C\CC)c1c(O)cc(NC)cc1C1CCC1. The van der Waals surface area contributed by atoms with Crippen LogP contribution in [-0.2, 0) is 6.54 Å². The summed E-state index contributed by atoms with van der Waals surface area (Å²) in [6.45, 7) is 24.1. The van der Waals surface area contributed by atoms with Crippen LogP contribution in [0.4, 0.5) is 5.69 Å². The third-order valence-corrected chi connectivity index (χ3v) is 11.2. The number of aryl methyl sites for hydroxylation is 2. The molecule has 6 heteroatoms. The number of benzene rings is 3.